The molecule has 2 fully saturated rings. The minimum atomic E-state index is -4.03. The third-order valence-electron chi connectivity index (χ3n) is 4.51. The molecule has 10 heteroatoms. The van der Waals surface area contributed by atoms with Gasteiger partial charge >= 0.3 is 5.97 Å². The Hall–Kier alpha value is -1.68. The van der Waals surface area contributed by atoms with Gasteiger partial charge in [-0.3, -0.25) is 9.59 Å². The predicted octanol–water partition coefficient (Wildman–Crippen LogP) is 0.674. The van der Waals surface area contributed by atoms with Gasteiger partial charge in [0.15, 0.2) is 6.10 Å². The van der Waals surface area contributed by atoms with Crippen molar-refractivity contribution >= 4 is 33.5 Å². The monoisotopic (exact) mass is 416 g/mol. The highest BCUT2D eigenvalue weighted by molar-refractivity contribution is 7.89. The van der Waals surface area contributed by atoms with Crippen molar-refractivity contribution in [1.29, 1.82) is 0 Å². The van der Waals surface area contributed by atoms with E-state index in [2.05, 4.69) is 5.32 Å². The highest BCUT2D eigenvalue weighted by atomic mass is 35.5. The smallest absolute Gasteiger partial charge is 0.325 e. The second-order valence-electron chi connectivity index (χ2n) is 6.80. The van der Waals surface area contributed by atoms with Crippen LogP contribution in [-0.4, -0.2) is 60.5 Å². The molecule has 2 aliphatic rings. The van der Waals surface area contributed by atoms with Crippen LogP contribution in [-0.2, 0) is 24.3 Å². The molecule has 0 bridgehead atoms. The third kappa shape index (κ3) is 4.60. The number of β-amino-alcohol motifs (C(OH)–C–C–N with tert-alkyl or cyclic N) is 1. The molecular weight excluding hydrogens is 396 g/mol. The number of aliphatic hydroxyl groups excluding tert-OH is 1. The Labute approximate surface area is 162 Å². The van der Waals surface area contributed by atoms with Gasteiger partial charge in [0.25, 0.3) is 5.91 Å². The van der Waals surface area contributed by atoms with Crippen LogP contribution in [0.15, 0.2) is 29.2 Å². The molecule has 148 valence electrons. The number of aliphatic hydroxyl groups is 1. The highest BCUT2D eigenvalue weighted by Crippen LogP contribution is 2.28. The Balaban J connectivity index is 1.73. The fourth-order valence-corrected chi connectivity index (χ4v) is 4.61. The van der Waals surface area contributed by atoms with Crippen molar-refractivity contribution in [2.45, 2.75) is 55.4 Å². The van der Waals surface area contributed by atoms with Gasteiger partial charge < -0.3 is 15.2 Å². The van der Waals surface area contributed by atoms with Crippen LogP contribution < -0.4 is 5.32 Å². The number of esters is 1. The molecule has 8 nitrogen and oxygen atoms in total. The summed E-state index contributed by atoms with van der Waals surface area (Å²) in [6, 6.07) is 4.44. The Morgan fingerprint density at radius 1 is 1.30 bits per heavy atom. The quantitative estimate of drug-likeness (QED) is 0.659. The molecule has 0 aromatic heterocycles. The number of benzene rings is 1. The lowest BCUT2D eigenvalue weighted by molar-refractivity contribution is -0.158. The van der Waals surface area contributed by atoms with Crippen LogP contribution in [0.3, 0.4) is 0 Å². The van der Waals surface area contributed by atoms with Crippen LogP contribution in [0.5, 0.6) is 0 Å². The summed E-state index contributed by atoms with van der Waals surface area (Å²) in [5, 5.41) is 13.0. The zero-order valence-electron chi connectivity index (χ0n) is 14.7. The molecule has 0 spiro atoms. The van der Waals surface area contributed by atoms with Gasteiger partial charge in [0.1, 0.15) is 6.04 Å². The lowest BCUT2D eigenvalue weighted by Crippen LogP contribution is -2.44. The average Bonchev–Trinajstić information content (AvgIpc) is 3.33. The maximum absolute atomic E-state index is 12.9. The molecule has 2 N–H and O–H groups in total. The van der Waals surface area contributed by atoms with Crippen LogP contribution >= 0.6 is 11.6 Å². The number of ether oxygens (including phenoxy) is 1. The molecule has 0 radical (unpaired) electrons. The number of nitrogens with zero attached hydrogens (tertiary/aromatic N) is 1. The maximum atomic E-state index is 12.9. The molecule has 0 unspecified atom stereocenters. The average molecular weight is 417 g/mol. The van der Waals surface area contributed by atoms with E-state index in [0.29, 0.717) is 5.02 Å². The first kappa shape index (κ1) is 20.1. The predicted molar refractivity (Wildman–Crippen MR) is 96.5 cm³/mol. The number of nitrogens with one attached hydrogen (secondary N) is 1. The van der Waals surface area contributed by atoms with Crippen molar-refractivity contribution in [3.8, 4) is 0 Å². The van der Waals surface area contributed by atoms with E-state index in [9.17, 15) is 23.1 Å². The van der Waals surface area contributed by atoms with Crippen molar-refractivity contribution < 1.29 is 27.9 Å². The summed E-state index contributed by atoms with van der Waals surface area (Å²) in [6.07, 6.45) is -0.346. The minimum Gasteiger partial charge on any atom is -0.451 e. The van der Waals surface area contributed by atoms with Gasteiger partial charge in [-0.25, -0.2) is 8.42 Å². The van der Waals surface area contributed by atoms with E-state index in [1.54, 1.807) is 0 Å². The molecular formula is C17H21ClN2O6S. The van der Waals surface area contributed by atoms with Gasteiger partial charge in [-0.2, -0.15) is 4.31 Å². The molecule has 3 rings (SSSR count). The molecule has 1 aromatic rings. The van der Waals surface area contributed by atoms with Gasteiger partial charge in [-0.05, 0) is 44.0 Å². The zero-order valence-corrected chi connectivity index (χ0v) is 16.2. The fraction of sp³-hybridized carbons (Fsp3) is 0.529. The van der Waals surface area contributed by atoms with Gasteiger partial charge in [-0.1, -0.05) is 11.6 Å². The van der Waals surface area contributed by atoms with Gasteiger partial charge in [0, 0.05) is 24.0 Å². The number of hydrogen-bond acceptors (Lipinski definition) is 6. The molecule has 1 saturated heterocycles. The van der Waals surface area contributed by atoms with Crippen LogP contribution in [0.25, 0.3) is 0 Å². The first-order chi connectivity index (χ1) is 12.7. The molecule has 27 heavy (non-hydrogen) atoms. The number of rotatable bonds is 6. The van der Waals surface area contributed by atoms with E-state index >= 15 is 0 Å². The van der Waals surface area contributed by atoms with E-state index in [-0.39, 0.29) is 23.9 Å². The topological polar surface area (TPSA) is 113 Å². The Bertz CT molecular complexity index is 824. The van der Waals surface area contributed by atoms with E-state index < -0.39 is 40.1 Å². The summed E-state index contributed by atoms with van der Waals surface area (Å²) >= 11 is 5.79. The van der Waals surface area contributed by atoms with Crippen molar-refractivity contribution in [1.82, 2.24) is 9.62 Å². The number of sulfonamides is 1. The number of halogens is 1. The van der Waals surface area contributed by atoms with E-state index in [0.717, 1.165) is 17.1 Å². The van der Waals surface area contributed by atoms with Crippen molar-refractivity contribution in [2.24, 2.45) is 0 Å². The molecule has 3 atom stereocenters. The standard InChI is InChI=1S/C17H21ClN2O6S/c1-10(16(22)19-12-4-5-12)26-17(23)15-8-13(21)9-20(15)27(24,25)14-6-2-11(18)3-7-14/h2-3,6-7,10,12-13,15,21H,4-5,8-9H2,1H3,(H,19,22)/t10-,13-,15+/m1/s1. The van der Waals surface area contributed by atoms with Crippen LogP contribution in [0, 0.1) is 0 Å². The van der Waals surface area contributed by atoms with Crippen LogP contribution in [0.2, 0.25) is 5.02 Å². The summed E-state index contributed by atoms with van der Waals surface area (Å²) in [4.78, 5) is 24.4. The van der Waals surface area contributed by atoms with Crippen LogP contribution in [0.4, 0.5) is 0 Å². The van der Waals surface area contributed by atoms with E-state index in [1.807, 2.05) is 0 Å². The number of hydrogen-bond donors (Lipinski definition) is 2. The molecule has 1 saturated carbocycles. The molecule has 1 heterocycles. The minimum absolute atomic E-state index is 0.0432. The zero-order chi connectivity index (χ0) is 19.8. The highest BCUT2D eigenvalue weighted by Gasteiger charge is 2.45. The summed E-state index contributed by atoms with van der Waals surface area (Å²) in [5.74, 6) is -1.28. The van der Waals surface area contributed by atoms with Gasteiger partial charge in [0.05, 0.1) is 11.0 Å². The summed E-state index contributed by atoms with van der Waals surface area (Å²) < 4.78 is 31.8. The Kier molecular flexibility index (Phi) is 5.76. The molecule has 1 amide bonds. The fourth-order valence-electron chi connectivity index (χ4n) is 2.86. The molecule has 1 aliphatic heterocycles. The van der Waals surface area contributed by atoms with Crippen molar-refractivity contribution in [3.05, 3.63) is 29.3 Å². The number of amides is 1. The van der Waals surface area contributed by atoms with Crippen molar-refractivity contribution in [2.75, 3.05) is 6.54 Å². The number of carbonyl (C=O) groups excluding carboxylic acids is 2. The lowest BCUT2D eigenvalue weighted by atomic mass is 10.2. The summed E-state index contributed by atoms with van der Waals surface area (Å²) in [6.45, 7) is 1.20. The maximum Gasteiger partial charge on any atom is 0.325 e. The molecule has 1 aliphatic carbocycles. The third-order valence-corrected chi connectivity index (χ3v) is 6.65. The summed E-state index contributed by atoms with van der Waals surface area (Å²) in [5.41, 5.74) is 0. The first-order valence-corrected chi connectivity index (χ1v) is 10.5. The second kappa shape index (κ2) is 7.75. The molecule has 1 aromatic carbocycles. The Morgan fingerprint density at radius 2 is 1.93 bits per heavy atom. The lowest BCUT2D eigenvalue weighted by Gasteiger charge is -2.24. The normalized spacial score (nSPS) is 24.4. The van der Waals surface area contributed by atoms with E-state index in [1.165, 1.54) is 31.2 Å². The Morgan fingerprint density at radius 3 is 2.52 bits per heavy atom. The van der Waals surface area contributed by atoms with Crippen molar-refractivity contribution in [3.63, 3.8) is 0 Å². The summed E-state index contributed by atoms with van der Waals surface area (Å²) in [7, 11) is -4.03. The van der Waals surface area contributed by atoms with Gasteiger partial charge in [0.2, 0.25) is 10.0 Å². The second-order valence-corrected chi connectivity index (χ2v) is 9.12. The van der Waals surface area contributed by atoms with Crippen LogP contribution in [0.1, 0.15) is 26.2 Å². The SMILES string of the molecule is C[C@@H](OC(=O)[C@@H]1C[C@@H](O)CN1S(=O)(=O)c1ccc(Cl)cc1)C(=O)NC1CC1. The van der Waals surface area contributed by atoms with Gasteiger partial charge in [-0.15, -0.1) is 0 Å². The largest absolute Gasteiger partial charge is 0.451 e. The number of carbonyl (C=O) groups is 2. The first-order valence-electron chi connectivity index (χ1n) is 8.65. The van der Waals surface area contributed by atoms with E-state index in [4.69, 9.17) is 16.3 Å².